The van der Waals surface area contributed by atoms with Gasteiger partial charge in [0.15, 0.2) is 0 Å². The fourth-order valence-corrected chi connectivity index (χ4v) is 3.00. The molecule has 0 amide bonds. The van der Waals surface area contributed by atoms with Gasteiger partial charge in [-0.1, -0.05) is 25.1 Å². The maximum absolute atomic E-state index is 13.2. The maximum Gasteiger partial charge on any atom is 0.123 e. The Morgan fingerprint density at radius 3 is 2.62 bits per heavy atom. The van der Waals surface area contributed by atoms with Crippen molar-refractivity contribution in [2.45, 2.75) is 31.8 Å². The summed E-state index contributed by atoms with van der Waals surface area (Å²) in [5.41, 5.74) is 3.66. The van der Waals surface area contributed by atoms with Crippen LogP contribution in [0.25, 0.3) is 0 Å². The second-order valence-electron chi connectivity index (χ2n) is 5.53. The highest BCUT2D eigenvalue weighted by atomic mass is 19.1. The Kier molecular flexibility index (Phi) is 3.93. The van der Waals surface area contributed by atoms with Crippen LogP contribution in [0.3, 0.4) is 0 Å². The molecule has 0 spiro atoms. The molecule has 21 heavy (non-hydrogen) atoms. The maximum atomic E-state index is 13.2. The van der Waals surface area contributed by atoms with Crippen LogP contribution in [0, 0.1) is 5.82 Å². The average Bonchev–Trinajstić information content (AvgIpc) is 2.54. The SMILES string of the molecule is CCC1Cc2ccc(OC)cc2C(c2ccc(F)cc2)N1. The number of rotatable bonds is 3. The topological polar surface area (TPSA) is 21.3 Å². The van der Waals surface area contributed by atoms with E-state index in [4.69, 9.17) is 4.74 Å². The molecule has 0 saturated carbocycles. The van der Waals surface area contributed by atoms with Crippen molar-refractivity contribution in [3.05, 3.63) is 65.0 Å². The Morgan fingerprint density at radius 2 is 1.95 bits per heavy atom. The Hall–Kier alpha value is -1.87. The van der Waals surface area contributed by atoms with Gasteiger partial charge in [0, 0.05) is 6.04 Å². The lowest BCUT2D eigenvalue weighted by atomic mass is 9.86. The summed E-state index contributed by atoms with van der Waals surface area (Å²) in [6.45, 7) is 2.19. The van der Waals surface area contributed by atoms with Crippen LogP contribution < -0.4 is 10.1 Å². The summed E-state index contributed by atoms with van der Waals surface area (Å²) >= 11 is 0. The highest BCUT2D eigenvalue weighted by Crippen LogP contribution is 2.33. The molecule has 1 heterocycles. The molecule has 1 aliphatic heterocycles. The highest BCUT2D eigenvalue weighted by molar-refractivity contribution is 5.44. The molecule has 110 valence electrons. The Morgan fingerprint density at radius 1 is 1.19 bits per heavy atom. The van der Waals surface area contributed by atoms with E-state index >= 15 is 0 Å². The number of benzene rings is 2. The largest absolute Gasteiger partial charge is 0.497 e. The lowest BCUT2D eigenvalue weighted by Gasteiger charge is -2.33. The van der Waals surface area contributed by atoms with Gasteiger partial charge in [-0.05, 0) is 53.8 Å². The molecular weight excluding hydrogens is 265 g/mol. The Balaban J connectivity index is 2.05. The summed E-state index contributed by atoms with van der Waals surface area (Å²) in [4.78, 5) is 0. The van der Waals surface area contributed by atoms with Crippen LogP contribution in [0.15, 0.2) is 42.5 Å². The molecule has 2 aromatic carbocycles. The molecule has 2 atom stereocenters. The average molecular weight is 285 g/mol. The van der Waals surface area contributed by atoms with Gasteiger partial charge in [-0.2, -0.15) is 0 Å². The zero-order valence-electron chi connectivity index (χ0n) is 12.4. The number of hydrogen-bond donors (Lipinski definition) is 1. The van der Waals surface area contributed by atoms with E-state index in [1.54, 1.807) is 7.11 Å². The van der Waals surface area contributed by atoms with Crippen LogP contribution in [0.5, 0.6) is 5.75 Å². The molecule has 0 fully saturated rings. The van der Waals surface area contributed by atoms with Gasteiger partial charge in [0.2, 0.25) is 0 Å². The third kappa shape index (κ3) is 2.79. The third-order valence-corrected chi connectivity index (χ3v) is 4.23. The van der Waals surface area contributed by atoms with E-state index in [9.17, 15) is 4.39 Å². The molecule has 3 rings (SSSR count). The smallest absolute Gasteiger partial charge is 0.123 e. The molecule has 1 N–H and O–H groups in total. The van der Waals surface area contributed by atoms with E-state index < -0.39 is 0 Å². The van der Waals surface area contributed by atoms with E-state index in [0.29, 0.717) is 6.04 Å². The summed E-state index contributed by atoms with van der Waals surface area (Å²) in [6.07, 6.45) is 2.09. The number of nitrogens with one attached hydrogen (secondary N) is 1. The van der Waals surface area contributed by atoms with Gasteiger partial charge in [-0.25, -0.2) is 4.39 Å². The van der Waals surface area contributed by atoms with Crippen LogP contribution >= 0.6 is 0 Å². The molecule has 3 heteroatoms. The standard InChI is InChI=1S/C18H20FNO/c1-3-15-10-13-6-9-16(21-2)11-17(13)18(20-15)12-4-7-14(19)8-5-12/h4-9,11,15,18,20H,3,10H2,1-2H3. The molecule has 0 radical (unpaired) electrons. The lowest BCUT2D eigenvalue weighted by Crippen LogP contribution is -2.39. The minimum atomic E-state index is -0.201. The number of halogens is 1. The summed E-state index contributed by atoms with van der Waals surface area (Å²) < 4.78 is 18.5. The normalized spacial score (nSPS) is 20.9. The fraction of sp³-hybridized carbons (Fsp3) is 0.333. The highest BCUT2D eigenvalue weighted by Gasteiger charge is 2.26. The van der Waals surface area contributed by atoms with Crippen LogP contribution in [0.1, 0.15) is 36.1 Å². The van der Waals surface area contributed by atoms with Crippen molar-refractivity contribution in [1.29, 1.82) is 0 Å². The molecule has 0 bridgehead atoms. The van der Waals surface area contributed by atoms with Gasteiger partial charge >= 0.3 is 0 Å². The van der Waals surface area contributed by atoms with Gasteiger partial charge < -0.3 is 10.1 Å². The van der Waals surface area contributed by atoms with E-state index in [-0.39, 0.29) is 11.9 Å². The number of hydrogen-bond acceptors (Lipinski definition) is 2. The zero-order valence-corrected chi connectivity index (χ0v) is 12.4. The second-order valence-corrected chi connectivity index (χ2v) is 5.53. The van der Waals surface area contributed by atoms with Crippen molar-refractivity contribution >= 4 is 0 Å². The van der Waals surface area contributed by atoms with E-state index in [0.717, 1.165) is 24.2 Å². The van der Waals surface area contributed by atoms with Gasteiger partial charge in [-0.3, -0.25) is 0 Å². The predicted octanol–water partition coefficient (Wildman–Crippen LogP) is 3.85. The van der Waals surface area contributed by atoms with Gasteiger partial charge in [0.1, 0.15) is 11.6 Å². The van der Waals surface area contributed by atoms with Crippen LogP contribution in [-0.4, -0.2) is 13.2 Å². The Labute approximate surface area is 125 Å². The van der Waals surface area contributed by atoms with Crippen LogP contribution in [-0.2, 0) is 6.42 Å². The molecule has 0 saturated heterocycles. The molecule has 0 aliphatic carbocycles. The summed E-state index contributed by atoms with van der Waals surface area (Å²) in [5, 5.41) is 3.67. The minimum absolute atomic E-state index is 0.0920. The van der Waals surface area contributed by atoms with Crippen LogP contribution in [0.4, 0.5) is 4.39 Å². The van der Waals surface area contributed by atoms with Crippen LogP contribution in [0.2, 0.25) is 0 Å². The van der Waals surface area contributed by atoms with Crippen molar-refractivity contribution in [1.82, 2.24) is 5.32 Å². The van der Waals surface area contributed by atoms with Crippen molar-refractivity contribution < 1.29 is 9.13 Å². The molecule has 1 aliphatic rings. The first-order valence-electron chi connectivity index (χ1n) is 7.39. The second kappa shape index (κ2) is 5.86. The first-order chi connectivity index (χ1) is 10.2. The van der Waals surface area contributed by atoms with Gasteiger partial charge in [-0.15, -0.1) is 0 Å². The third-order valence-electron chi connectivity index (χ3n) is 4.23. The quantitative estimate of drug-likeness (QED) is 0.925. The van der Waals surface area contributed by atoms with E-state index in [1.165, 1.54) is 23.3 Å². The van der Waals surface area contributed by atoms with Crippen molar-refractivity contribution in [3.63, 3.8) is 0 Å². The van der Waals surface area contributed by atoms with E-state index in [1.807, 2.05) is 18.2 Å². The number of fused-ring (bicyclic) bond motifs is 1. The van der Waals surface area contributed by atoms with Crippen molar-refractivity contribution in [2.24, 2.45) is 0 Å². The lowest BCUT2D eigenvalue weighted by molar-refractivity contribution is 0.404. The minimum Gasteiger partial charge on any atom is -0.497 e. The first-order valence-corrected chi connectivity index (χ1v) is 7.39. The molecule has 2 unspecified atom stereocenters. The monoisotopic (exact) mass is 285 g/mol. The number of ether oxygens (including phenoxy) is 1. The van der Waals surface area contributed by atoms with Gasteiger partial charge in [0.25, 0.3) is 0 Å². The predicted molar refractivity (Wildman–Crippen MR) is 82.2 cm³/mol. The first kappa shape index (κ1) is 14.1. The summed E-state index contributed by atoms with van der Waals surface area (Å²) in [6, 6.07) is 13.5. The number of methoxy groups -OCH3 is 1. The van der Waals surface area contributed by atoms with Gasteiger partial charge in [0.05, 0.1) is 13.2 Å². The Bertz CT molecular complexity index is 624. The molecular formula is C18H20FNO. The summed E-state index contributed by atoms with van der Waals surface area (Å²) in [7, 11) is 1.68. The fourth-order valence-electron chi connectivity index (χ4n) is 3.00. The van der Waals surface area contributed by atoms with E-state index in [2.05, 4.69) is 24.4 Å². The van der Waals surface area contributed by atoms with Crippen molar-refractivity contribution in [2.75, 3.05) is 7.11 Å². The molecule has 2 aromatic rings. The summed E-state index contributed by atoms with van der Waals surface area (Å²) in [5.74, 6) is 0.657. The zero-order chi connectivity index (χ0) is 14.8. The molecule has 2 nitrogen and oxygen atoms in total. The van der Waals surface area contributed by atoms with Crippen molar-refractivity contribution in [3.8, 4) is 5.75 Å². The molecule has 0 aromatic heterocycles.